The third kappa shape index (κ3) is 3.71. The molecule has 3 heterocycles. The van der Waals surface area contributed by atoms with E-state index < -0.39 is 17.7 Å². The minimum absolute atomic E-state index is 0.0350. The summed E-state index contributed by atoms with van der Waals surface area (Å²) in [7, 11) is 1.55. The Bertz CT molecular complexity index is 1390. The molecule has 7 nitrogen and oxygen atoms in total. The Balaban J connectivity index is 1.54. The van der Waals surface area contributed by atoms with Crippen molar-refractivity contribution < 1.29 is 19.4 Å². The number of fused-ring (bicyclic) bond motifs is 1. The quantitative estimate of drug-likeness (QED) is 0.259. The fourth-order valence-corrected chi connectivity index (χ4v) is 4.44. The average Bonchev–Trinajstić information content (AvgIpc) is 3.41. The summed E-state index contributed by atoms with van der Waals surface area (Å²) in [5.74, 6) is -0.975. The maximum absolute atomic E-state index is 13.1. The zero-order valence-electron chi connectivity index (χ0n) is 18.6. The number of aliphatic hydroxyl groups is 1. The van der Waals surface area contributed by atoms with E-state index in [0.29, 0.717) is 30.0 Å². The van der Waals surface area contributed by atoms with Crippen LogP contribution in [0.3, 0.4) is 0 Å². The van der Waals surface area contributed by atoms with Gasteiger partial charge < -0.3 is 19.7 Å². The molecule has 1 aliphatic rings. The van der Waals surface area contributed by atoms with Gasteiger partial charge in [-0.1, -0.05) is 24.3 Å². The van der Waals surface area contributed by atoms with Crippen LogP contribution in [0.25, 0.3) is 16.7 Å². The minimum Gasteiger partial charge on any atom is -0.507 e. The van der Waals surface area contributed by atoms with Gasteiger partial charge in [-0.15, -0.1) is 0 Å². The molecule has 1 amide bonds. The Kier molecular flexibility index (Phi) is 5.59. The number of aliphatic hydroxyl groups excluding tert-OH is 1. The van der Waals surface area contributed by atoms with E-state index in [9.17, 15) is 14.7 Å². The van der Waals surface area contributed by atoms with Crippen molar-refractivity contribution in [3.8, 4) is 5.75 Å². The highest BCUT2D eigenvalue weighted by atomic mass is 16.5. The van der Waals surface area contributed by atoms with Crippen molar-refractivity contribution in [3.05, 3.63) is 102 Å². The van der Waals surface area contributed by atoms with Gasteiger partial charge in [-0.05, 0) is 54.4 Å². The van der Waals surface area contributed by atoms with Gasteiger partial charge in [0, 0.05) is 35.4 Å². The first-order valence-corrected chi connectivity index (χ1v) is 11.0. The largest absolute Gasteiger partial charge is 0.507 e. The number of nitrogens with zero attached hydrogens (tertiary/aromatic N) is 2. The normalized spacial score (nSPS) is 17.4. The van der Waals surface area contributed by atoms with Crippen LogP contribution >= 0.6 is 0 Å². The number of ether oxygens (including phenoxy) is 1. The number of hydrogen-bond acceptors (Lipinski definition) is 5. The molecular weight excluding hydrogens is 430 g/mol. The molecule has 0 bridgehead atoms. The molecule has 0 aliphatic carbocycles. The highest BCUT2D eigenvalue weighted by molar-refractivity contribution is 6.46. The van der Waals surface area contributed by atoms with Crippen molar-refractivity contribution in [1.29, 1.82) is 0 Å². The van der Waals surface area contributed by atoms with Gasteiger partial charge in [0.25, 0.3) is 11.7 Å². The predicted molar refractivity (Wildman–Crippen MR) is 128 cm³/mol. The summed E-state index contributed by atoms with van der Waals surface area (Å²) in [6.45, 7) is 0.299. The molecular formula is C27H23N3O4. The third-order valence-electron chi connectivity index (χ3n) is 6.17. The molecule has 1 atom stereocenters. The molecule has 4 aromatic rings. The summed E-state index contributed by atoms with van der Waals surface area (Å²) in [4.78, 5) is 35.4. The first-order valence-electron chi connectivity index (χ1n) is 11.0. The molecule has 34 heavy (non-hydrogen) atoms. The number of Topliss-reactive ketones (excluding diaryl/α,β-unsaturated/α-hetero) is 1. The lowest BCUT2D eigenvalue weighted by atomic mass is 9.98. The molecule has 1 fully saturated rings. The van der Waals surface area contributed by atoms with Crippen molar-refractivity contribution in [2.45, 2.75) is 12.5 Å². The van der Waals surface area contributed by atoms with E-state index in [1.54, 1.807) is 55.8 Å². The highest BCUT2D eigenvalue weighted by Crippen LogP contribution is 2.39. The molecule has 5 rings (SSSR count). The highest BCUT2D eigenvalue weighted by Gasteiger charge is 2.46. The number of pyridine rings is 1. The first kappa shape index (κ1) is 21.5. The zero-order valence-corrected chi connectivity index (χ0v) is 18.6. The van der Waals surface area contributed by atoms with Crippen LogP contribution in [0, 0.1) is 0 Å². The molecule has 1 aliphatic heterocycles. The number of carbonyl (C=O) groups is 2. The van der Waals surface area contributed by atoms with Crippen molar-refractivity contribution >= 4 is 28.4 Å². The van der Waals surface area contributed by atoms with Crippen LogP contribution in [0.5, 0.6) is 5.75 Å². The van der Waals surface area contributed by atoms with Crippen molar-refractivity contribution in [3.63, 3.8) is 0 Å². The van der Waals surface area contributed by atoms with Gasteiger partial charge in [-0.25, -0.2) is 0 Å². The van der Waals surface area contributed by atoms with E-state index in [4.69, 9.17) is 4.74 Å². The van der Waals surface area contributed by atoms with Crippen LogP contribution in [-0.2, 0) is 16.0 Å². The number of para-hydroxylation sites is 1. The second kappa shape index (κ2) is 8.86. The maximum atomic E-state index is 13.1. The number of likely N-dealkylation sites (tertiary alicyclic amines) is 1. The standard InChI is InChI=1S/C27H23N3O4/c1-34-19-11-9-17(10-12-19)25(31)23-24(22-8-4-5-14-28-22)30(27(33)26(23)32)15-13-18-16-29-21-7-3-2-6-20(18)21/h2-12,14,16,24,29,31H,13,15H2,1H3/t24-/m0/s1. The minimum atomic E-state index is -0.784. The summed E-state index contributed by atoms with van der Waals surface area (Å²) in [6, 6.07) is 19.2. The lowest BCUT2D eigenvalue weighted by molar-refractivity contribution is -0.139. The predicted octanol–water partition coefficient (Wildman–Crippen LogP) is 4.24. The van der Waals surface area contributed by atoms with E-state index in [0.717, 1.165) is 16.5 Å². The van der Waals surface area contributed by atoms with Gasteiger partial charge >= 0.3 is 0 Å². The van der Waals surface area contributed by atoms with Gasteiger partial charge in [0.05, 0.1) is 18.4 Å². The Morgan fingerprint density at radius 3 is 2.56 bits per heavy atom. The fraction of sp³-hybridized carbons (Fsp3) is 0.148. The maximum Gasteiger partial charge on any atom is 0.295 e. The van der Waals surface area contributed by atoms with Crippen LogP contribution in [0.2, 0.25) is 0 Å². The second-order valence-corrected chi connectivity index (χ2v) is 8.09. The molecule has 0 radical (unpaired) electrons. The molecule has 2 aromatic carbocycles. The molecule has 170 valence electrons. The smallest absolute Gasteiger partial charge is 0.295 e. The first-order chi connectivity index (χ1) is 16.6. The summed E-state index contributed by atoms with van der Waals surface area (Å²) >= 11 is 0. The van der Waals surface area contributed by atoms with Crippen molar-refractivity contribution in [2.24, 2.45) is 0 Å². The SMILES string of the molecule is COc1ccc(C(O)=C2C(=O)C(=O)N(CCc3c[nH]c4ccccc34)[C@H]2c2ccccn2)cc1. The number of nitrogens with one attached hydrogen (secondary N) is 1. The lowest BCUT2D eigenvalue weighted by Gasteiger charge is -2.24. The number of benzene rings is 2. The third-order valence-corrected chi connectivity index (χ3v) is 6.17. The zero-order chi connectivity index (χ0) is 23.7. The number of hydrogen-bond donors (Lipinski definition) is 2. The Morgan fingerprint density at radius 1 is 1.06 bits per heavy atom. The van der Waals surface area contributed by atoms with Crippen LogP contribution in [-0.4, -0.2) is 45.3 Å². The molecule has 1 saturated heterocycles. The summed E-state index contributed by atoms with van der Waals surface area (Å²) in [5.41, 5.74) is 3.05. The van der Waals surface area contributed by atoms with E-state index in [2.05, 4.69) is 9.97 Å². The van der Waals surface area contributed by atoms with E-state index >= 15 is 0 Å². The summed E-state index contributed by atoms with van der Waals surface area (Å²) in [5, 5.41) is 12.2. The summed E-state index contributed by atoms with van der Waals surface area (Å²) < 4.78 is 5.18. The molecule has 0 spiro atoms. The van der Waals surface area contributed by atoms with Gasteiger partial charge in [0.2, 0.25) is 0 Å². The van der Waals surface area contributed by atoms with Crippen LogP contribution in [0.1, 0.15) is 22.9 Å². The number of amides is 1. The number of H-pyrrole nitrogens is 1. The molecule has 0 saturated carbocycles. The van der Waals surface area contributed by atoms with E-state index in [-0.39, 0.29) is 11.3 Å². The molecule has 7 heteroatoms. The van der Waals surface area contributed by atoms with Crippen molar-refractivity contribution in [2.75, 3.05) is 13.7 Å². The number of ketones is 1. The fourth-order valence-electron chi connectivity index (χ4n) is 4.44. The number of carbonyl (C=O) groups excluding carboxylic acids is 2. The van der Waals surface area contributed by atoms with E-state index in [1.165, 1.54) is 4.90 Å². The Morgan fingerprint density at radius 2 is 1.82 bits per heavy atom. The summed E-state index contributed by atoms with van der Waals surface area (Å²) in [6.07, 6.45) is 4.08. The van der Waals surface area contributed by atoms with Gasteiger partial charge in [-0.2, -0.15) is 0 Å². The number of rotatable bonds is 6. The number of aromatic nitrogens is 2. The molecule has 0 unspecified atom stereocenters. The Hall–Kier alpha value is -4.39. The number of methoxy groups -OCH3 is 1. The molecule has 2 aromatic heterocycles. The Labute approximate surface area is 196 Å². The lowest BCUT2D eigenvalue weighted by Crippen LogP contribution is -2.32. The second-order valence-electron chi connectivity index (χ2n) is 8.09. The van der Waals surface area contributed by atoms with Crippen LogP contribution < -0.4 is 4.74 Å². The van der Waals surface area contributed by atoms with Crippen LogP contribution in [0.15, 0.2) is 84.7 Å². The average molecular weight is 453 g/mol. The number of aromatic amines is 1. The van der Waals surface area contributed by atoms with Gasteiger partial charge in [0.1, 0.15) is 17.6 Å². The van der Waals surface area contributed by atoms with Crippen LogP contribution in [0.4, 0.5) is 0 Å². The van der Waals surface area contributed by atoms with Gasteiger partial charge in [0.15, 0.2) is 0 Å². The van der Waals surface area contributed by atoms with E-state index in [1.807, 2.05) is 30.5 Å². The molecule has 2 N–H and O–H groups in total. The monoisotopic (exact) mass is 453 g/mol. The van der Waals surface area contributed by atoms with Gasteiger partial charge in [-0.3, -0.25) is 14.6 Å². The topological polar surface area (TPSA) is 95.5 Å². The van der Waals surface area contributed by atoms with Crippen molar-refractivity contribution in [1.82, 2.24) is 14.9 Å².